The molecule has 0 aliphatic heterocycles. The number of nitrogens with two attached hydrogens (primary N) is 1. The first kappa shape index (κ1) is 14.3. The maximum absolute atomic E-state index is 6.15. The molecule has 17 heavy (non-hydrogen) atoms. The van der Waals surface area contributed by atoms with Crippen molar-refractivity contribution >= 4 is 11.6 Å². The molecule has 2 N–H and O–H groups in total. The molecule has 2 atom stereocenters. The van der Waals surface area contributed by atoms with E-state index in [0.717, 1.165) is 24.2 Å². The predicted molar refractivity (Wildman–Crippen MR) is 70.6 cm³/mol. The van der Waals surface area contributed by atoms with Crippen molar-refractivity contribution < 1.29 is 9.47 Å². The van der Waals surface area contributed by atoms with Gasteiger partial charge in [0.05, 0.1) is 13.2 Å². The van der Waals surface area contributed by atoms with Gasteiger partial charge in [0.25, 0.3) is 0 Å². The average molecular weight is 258 g/mol. The fourth-order valence-electron chi connectivity index (χ4n) is 1.68. The molecule has 0 bridgehead atoms. The van der Waals surface area contributed by atoms with E-state index in [0.29, 0.717) is 5.02 Å². The van der Waals surface area contributed by atoms with Crippen LogP contribution in [0.3, 0.4) is 0 Å². The normalized spacial score (nSPS) is 14.4. The molecule has 0 saturated carbocycles. The standard InChI is InChI=1S/C13H20ClNO2/c1-9(16-2)4-6-12(15)11-8-10(14)5-7-13(11)17-3/h5,7-9,12H,4,6,15H2,1-3H3. The molecule has 0 saturated heterocycles. The highest BCUT2D eigenvalue weighted by atomic mass is 35.5. The molecule has 4 heteroatoms. The van der Waals surface area contributed by atoms with E-state index in [4.69, 9.17) is 26.8 Å². The van der Waals surface area contributed by atoms with E-state index in [1.165, 1.54) is 0 Å². The Morgan fingerprint density at radius 1 is 1.29 bits per heavy atom. The van der Waals surface area contributed by atoms with Crippen molar-refractivity contribution in [2.75, 3.05) is 14.2 Å². The fourth-order valence-corrected chi connectivity index (χ4v) is 1.86. The van der Waals surface area contributed by atoms with Crippen LogP contribution in [0.15, 0.2) is 18.2 Å². The Hall–Kier alpha value is -0.770. The van der Waals surface area contributed by atoms with Crippen LogP contribution < -0.4 is 10.5 Å². The molecule has 0 amide bonds. The number of hydrogen-bond acceptors (Lipinski definition) is 3. The fraction of sp³-hybridized carbons (Fsp3) is 0.538. The van der Waals surface area contributed by atoms with Crippen molar-refractivity contribution in [3.63, 3.8) is 0 Å². The third-order valence-electron chi connectivity index (χ3n) is 2.88. The van der Waals surface area contributed by atoms with Crippen molar-refractivity contribution in [3.05, 3.63) is 28.8 Å². The smallest absolute Gasteiger partial charge is 0.123 e. The highest BCUT2D eigenvalue weighted by Gasteiger charge is 2.13. The van der Waals surface area contributed by atoms with Gasteiger partial charge < -0.3 is 15.2 Å². The SMILES string of the molecule is COc1ccc(Cl)cc1C(N)CCC(C)OC. The highest BCUT2D eigenvalue weighted by molar-refractivity contribution is 6.30. The summed E-state index contributed by atoms with van der Waals surface area (Å²) in [6.45, 7) is 2.03. The Morgan fingerprint density at radius 2 is 2.00 bits per heavy atom. The number of halogens is 1. The second-order valence-electron chi connectivity index (χ2n) is 4.12. The topological polar surface area (TPSA) is 44.5 Å². The Balaban J connectivity index is 2.73. The van der Waals surface area contributed by atoms with Crippen molar-refractivity contribution in [2.24, 2.45) is 5.73 Å². The molecule has 0 aliphatic carbocycles. The van der Waals surface area contributed by atoms with Crippen LogP contribution in [0.4, 0.5) is 0 Å². The van der Waals surface area contributed by atoms with Gasteiger partial charge in [0.2, 0.25) is 0 Å². The molecule has 1 aromatic rings. The summed E-state index contributed by atoms with van der Waals surface area (Å²) < 4.78 is 10.5. The van der Waals surface area contributed by atoms with Crippen LogP contribution in [-0.2, 0) is 4.74 Å². The number of ether oxygens (including phenoxy) is 2. The summed E-state index contributed by atoms with van der Waals surface area (Å²) >= 11 is 5.97. The van der Waals surface area contributed by atoms with Gasteiger partial charge in [-0.25, -0.2) is 0 Å². The van der Waals surface area contributed by atoms with Gasteiger partial charge in [-0.3, -0.25) is 0 Å². The van der Waals surface area contributed by atoms with Gasteiger partial charge in [-0.2, -0.15) is 0 Å². The zero-order valence-electron chi connectivity index (χ0n) is 10.6. The Morgan fingerprint density at radius 3 is 2.59 bits per heavy atom. The van der Waals surface area contributed by atoms with E-state index < -0.39 is 0 Å². The second-order valence-corrected chi connectivity index (χ2v) is 4.55. The lowest BCUT2D eigenvalue weighted by molar-refractivity contribution is 0.107. The molecule has 0 spiro atoms. The van der Waals surface area contributed by atoms with E-state index in [1.54, 1.807) is 20.3 Å². The van der Waals surface area contributed by atoms with Gasteiger partial charge >= 0.3 is 0 Å². The van der Waals surface area contributed by atoms with Gasteiger partial charge in [-0.1, -0.05) is 11.6 Å². The highest BCUT2D eigenvalue weighted by Crippen LogP contribution is 2.29. The van der Waals surface area contributed by atoms with E-state index >= 15 is 0 Å². The molecule has 0 aliphatic rings. The van der Waals surface area contributed by atoms with E-state index in [9.17, 15) is 0 Å². The largest absolute Gasteiger partial charge is 0.496 e. The summed E-state index contributed by atoms with van der Waals surface area (Å²) in [6, 6.07) is 5.43. The van der Waals surface area contributed by atoms with Crippen LogP contribution in [0, 0.1) is 0 Å². The van der Waals surface area contributed by atoms with Crippen LogP contribution in [0.2, 0.25) is 5.02 Å². The molecule has 1 rings (SSSR count). The second kappa shape index (κ2) is 6.84. The molecule has 0 fully saturated rings. The van der Waals surface area contributed by atoms with Gasteiger partial charge in [-0.15, -0.1) is 0 Å². The number of methoxy groups -OCH3 is 2. The first-order valence-corrected chi connectivity index (χ1v) is 6.08. The van der Waals surface area contributed by atoms with Crippen molar-refractivity contribution in [1.82, 2.24) is 0 Å². The minimum absolute atomic E-state index is 0.0822. The van der Waals surface area contributed by atoms with E-state index in [2.05, 4.69) is 0 Å². The lowest BCUT2D eigenvalue weighted by Gasteiger charge is -2.17. The quantitative estimate of drug-likeness (QED) is 0.851. The summed E-state index contributed by atoms with van der Waals surface area (Å²) in [6.07, 6.45) is 1.96. The number of benzene rings is 1. The van der Waals surface area contributed by atoms with E-state index in [1.807, 2.05) is 19.1 Å². The van der Waals surface area contributed by atoms with Crippen LogP contribution in [0.1, 0.15) is 31.4 Å². The maximum atomic E-state index is 6.15. The summed E-state index contributed by atoms with van der Waals surface area (Å²) in [7, 11) is 3.34. The first-order chi connectivity index (χ1) is 8.08. The van der Waals surface area contributed by atoms with Gasteiger partial charge in [0.15, 0.2) is 0 Å². The van der Waals surface area contributed by atoms with Crippen LogP contribution in [-0.4, -0.2) is 20.3 Å². The van der Waals surface area contributed by atoms with Crippen LogP contribution in [0.5, 0.6) is 5.75 Å². The molecular weight excluding hydrogens is 238 g/mol. The third kappa shape index (κ3) is 4.19. The third-order valence-corrected chi connectivity index (χ3v) is 3.11. The van der Waals surface area contributed by atoms with E-state index in [-0.39, 0.29) is 12.1 Å². The number of hydrogen-bond donors (Lipinski definition) is 1. The molecule has 0 heterocycles. The van der Waals surface area contributed by atoms with Crippen molar-refractivity contribution in [2.45, 2.75) is 31.9 Å². The predicted octanol–water partition coefficient (Wildman–Crippen LogP) is 3.16. The molecule has 2 unspecified atom stereocenters. The first-order valence-electron chi connectivity index (χ1n) is 5.70. The monoisotopic (exact) mass is 257 g/mol. The zero-order valence-corrected chi connectivity index (χ0v) is 11.3. The molecule has 96 valence electrons. The molecule has 3 nitrogen and oxygen atoms in total. The molecule has 1 aromatic carbocycles. The minimum Gasteiger partial charge on any atom is -0.496 e. The minimum atomic E-state index is -0.0822. The average Bonchev–Trinajstić information content (AvgIpc) is 2.35. The van der Waals surface area contributed by atoms with Crippen molar-refractivity contribution in [1.29, 1.82) is 0 Å². The Labute approximate surface area is 108 Å². The molecule has 0 aromatic heterocycles. The summed E-state index contributed by atoms with van der Waals surface area (Å²) in [5.74, 6) is 0.784. The van der Waals surface area contributed by atoms with Gasteiger partial charge in [0, 0.05) is 23.7 Å². The molecular formula is C13H20ClNO2. The van der Waals surface area contributed by atoms with Gasteiger partial charge in [-0.05, 0) is 38.0 Å². The number of rotatable bonds is 6. The van der Waals surface area contributed by atoms with Crippen LogP contribution >= 0.6 is 11.6 Å². The summed E-state index contributed by atoms with van der Waals surface area (Å²) in [5, 5.41) is 0.677. The Bertz CT molecular complexity index is 357. The lowest BCUT2D eigenvalue weighted by atomic mass is 10.0. The summed E-state index contributed by atoms with van der Waals surface area (Å²) in [5.41, 5.74) is 7.10. The lowest BCUT2D eigenvalue weighted by Crippen LogP contribution is -2.15. The summed E-state index contributed by atoms with van der Waals surface area (Å²) in [4.78, 5) is 0. The maximum Gasteiger partial charge on any atom is 0.123 e. The van der Waals surface area contributed by atoms with Crippen molar-refractivity contribution in [3.8, 4) is 5.75 Å². The zero-order chi connectivity index (χ0) is 12.8. The molecule has 0 radical (unpaired) electrons. The van der Waals surface area contributed by atoms with Gasteiger partial charge in [0.1, 0.15) is 5.75 Å². The Kier molecular flexibility index (Phi) is 5.75. The van der Waals surface area contributed by atoms with Crippen LogP contribution in [0.25, 0.3) is 0 Å².